The average molecular weight is 286 g/mol. The van der Waals surface area contributed by atoms with Gasteiger partial charge in [-0.25, -0.2) is 4.79 Å². The van der Waals surface area contributed by atoms with E-state index in [0.717, 1.165) is 31.4 Å². The van der Waals surface area contributed by atoms with Crippen LogP contribution in [0.1, 0.15) is 39.0 Å². The number of hydrogen-bond acceptors (Lipinski definition) is 4. The maximum Gasteiger partial charge on any atom is 0.315 e. The summed E-state index contributed by atoms with van der Waals surface area (Å²) in [4.78, 5) is 22.6. The topological polar surface area (TPSA) is 67.4 Å². The first kappa shape index (κ1) is 14.5. The molecule has 6 heteroatoms. The summed E-state index contributed by atoms with van der Waals surface area (Å²) in [6.07, 6.45) is 4.32. The van der Waals surface area contributed by atoms with E-state index in [1.165, 1.54) is 0 Å². The third-order valence-corrected chi connectivity index (χ3v) is 5.03. The minimum Gasteiger partial charge on any atom is -0.466 e. The molecular formula is C13H22N2O3S. The molecule has 2 rings (SSSR count). The second-order valence-corrected chi connectivity index (χ2v) is 6.36. The minimum atomic E-state index is -0.0883. The Bertz CT molecular complexity index is 338. The van der Waals surface area contributed by atoms with Crippen LogP contribution in [0.25, 0.3) is 0 Å². The largest absolute Gasteiger partial charge is 0.466 e. The molecule has 0 aliphatic carbocycles. The van der Waals surface area contributed by atoms with Gasteiger partial charge in [0.1, 0.15) is 0 Å². The van der Waals surface area contributed by atoms with Crippen molar-refractivity contribution in [2.45, 2.75) is 56.4 Å². The quantitative estimate of drug-likeness (QED) is 0.424. The monoisotopic (exact) mass is 286 g/mol. The van der Waals surface area contributed by atoms with E-state index in [4.69, 9.17) is 4.74 Å². The summed E-state index contributed by atoms with van der Waals surface area (Å²) in [5, 5.41) is 6.40. The molecule has 2 aliphatic rings. The van der Waals surface area contributed by atoms with Crippen LogP contribution in [0.3, 0.4) is 0 Å². The minimum absolute atomic E-state index is 0.0385. The number of amides is 2. The van der Waals surface area contributed by atoms with E-state index in [0.29, 0.717) is 18.3 Å². The van der Waals surface area contributed by atoms with Gasteiger partial charge in [-0.3, -0.25) is 4.79 Å². The van der Waals surface area contributed by atoms with Gasteiger partial charge in [0.2, 0.25) is 0 Å². The van der Waals surface area contributed by atoms with Gasteiger partial charge in [0, 0.05) is 17.4 Å². The Morgan fingerprint density at radius 2 is 2.26 bits per heavy atom. The van der Waals surface area contributed by atoms with Gasteiger partial charge in [0.05, 0.1) is 18.7 Å². The highest BCUT2D eigenvalue weighted by Gasteiger charge is 2.42. The lowest BCUT2D eigenvalue weighted by molar-refractivity contribution is -0.143. The first-order chi connectivity index (χ1) is 9.20. The third-order valence-electron chi connectivity index (χ3n) is 3.52. The molecule has 0 aromatic rings. The highest BCUT2D eigenvalue weighted by atomic mass is 32.2. The van der Waals surface area contributed by atoms with E-state index in [9.17, 15) is 9.59 Å². The molecule has 19 heavy (non-hydrogen) atoms. The van der Waals surface area contributed by atoms with E-state index < -0.39 is 0 Å². The predicted octanol–water partition coefficient (Wildman–Crippen LogP) is 1.67. The SMILES string of the molecule is CCCOC(=O)CCCC[C@@H]1SC[C@@H]2NC(=O)N[C@@H]21. The molecule has 0 radical (unpaired) electrons. The Labute approximate surface area is 118 Å². The van der Waals surface area contributed by atoms with Gasteiger partial charge in [0.15, 0.2) is 0 Å². The zero-order valence-electron chi connectivity index (χ0n) is 11.3. The van der Waals surface area contributed by atoms with Crippen molar-refractivity contribution in [3.63, 3.8) is 0 Å². The van der Waals surface area contributed by atoms with Gasteiger partial charge in [0.25, 0.3) is 0 Å². The lowest BCUT2D eigenvalue weighted by atomic mass is 10.0. The molecule has 108 valence electrons. The summed E-state index contributed by atoms with van der Waals surface area (Å²) in [7, 11) is 0. The Hall–Kier alpha value is -0.910. The molecule has 0 aromatic heterocycles. The number of rotatable bonds is 7. The van der Waals surface area contributed by atoms with E-state index in [-0.39, 0.29) is 24.1 Å². The number of carbonyl (C=O) groups excluding carboxylic acids is 2. The number of hydrogen-bond donors (Lipinski definition) is 2. The lowest BCUT2D eigenvalue weighted by Crippen LogP contribution is -2.36. The number of carbonyl (C=O) groups is 2. The van der Waals surface area contributed by atoms with E-state index in [2.05, 4.69) is 10.6 Å². The molecule has 5 nitrogen and oxygen atoms in total. The van der Waals surface area contributed by atoms with Crippen molar-refractivity contribution >= 4 is 23.8 Å². The molecule has 0 saturated carbocycles. The number of fused-ring (bicyclic) bond motifs is 1. The zero-order valence-corrected chi connectivity index (χ0v) is 12.1. The van der Waals surface area contributed by atoms with Crippen LogP contribution in [-0.4, -0.2) is 41.7 Å². The third kappa shape index (κ3) is 4.03. The maximum atomic E-state index is 11.3. The molecule has 0 unspecified atom stereocenters. The normalized spacial score (nSPS) is 28.7. The van der Waals surface area contributed by atoms with Crippen molar-refractivity contribution in [3.05, 3.63) is 0 Å². The van der Waals surface area contributed by atoms with Crippen LogP contribution in [-0.2, 0) is 9.53 Å². The van der Waals surface area contributed by atoms with Crippen molar-refractivity contribution in [2.24, 2.45) is 0 Å². The predicted molar refractivity (Wildman–Crippen MR) is 75.2 cm³/mol. The fourth-order valence-electron chi connectivity index (χ4n) is 2.55. The molecule has 2 amide bonds. The van der Waals surface area contributed by atoms with Crippen molar-refractivity contribution in [2.75, 3.05) is 12.4 Å². The number of esters is 1. The Kier molecular flexibility index (Phi) is 5.36. The van der Waals surface area contributed by atoms with Crippen molar-refractivity contribution in [1.82, 2.24) is 10.6 Å². The van der Waals surface area contributed by atoms with E-state index in [1.54, 1.807) is 0 Å². The molecular weight excluding hydrogens is 264 g/mol. The smallest absolute Gasteiger partial charge is 0.315 e. The van der Waals surface area contributed by atoms with Gasteiger partial charge < -0.3 is 15.4 Å². The van der Waals surface area contributed by atoms with Gasteiger partial charge >= 0.3 is 12.0 Å². The molecule has 0 spiro atoms. The molecule has 3 atom stereocenters. The number of ether oxygens (including phenoxy) is 1. The van der Waals surface area contributed by atoms with Gasteiger partial charge in [-0.15, -0.1) is 0 Å². The summed E-state index contributed by atoms with van der Waals surface area (Å²) in [6.45, 7) is 2.52. The molecule has 2 heterocycles. The number of thioether (sulfide) groups is 1. The zero-order chi connectivity index (χ0) is 13.7. The molecule has 0 bridgehead atoms. The molecule has 2 saturated heterocycles. The number of urea groups is 1. The molecule has 2 aliphatic heterocycles. The van der Waals surface area contributed by atoms with Crippen molar-refractivity contribution < 1.29 is 14.3 Å². The summed E-state index contributed by atoms with van der Waals surface area (Å²) < 4.78 is 5.04. The van der Waals surface area contributed by atoms with E-state index in [1.807, 2.05) is 18.7 Å². The first-order valence-electron chi connectivity index (χ1n) is 7.05. The lowest BCUT2D eigenvalue weighted by Gasteiger charge is -2.16. The maximum absolute atomic E-state index is 11.3. The van der Waals surface area contributed by atoms with Crippen LogP contribution in [0.5, 0.6) is 0 Å². The van der Waals surface area contributed by atoms with E-state index >= 15 is 0 Å². The molecule has 2 fully saturated rings. The number of unbranched alkanes of at least 4 members (excludes halogenated alkanes) is 1. The fraction of sp³-hybridized carbons (Fsp3) is 0.846. The number of nitrogens with one attached hydrogen (secondary N) is 2. The summed E-state index contributed by atoms with van der Waals surface area (Å²) in [6, 6.07) is 0.519. The summed E-state index contributed by atoms with van der Waals surface area (Å²) in [5.74, 6) is 0.904. The Morgan fingerprint density at radius 3 is 3.05 bits per heavy atom. The van der Waals surface area contributed by atoms with Crippen LogP contribution in [0.15, 0.2) is 0 Å². The van der Waals surface area contributed by atoms with Crippen molar-refractivity contribution in [3.8, 4) is 0 Å². The summed E-state index contributed by atoms with van der Waals surface area (Å²) in [5.41, 5.74) is 0. The fourth-order valence-corrected chi connectivity index (χ4v) is 4.09. The second kappa shape index (κ2) is 7.03. The average Bonchev–Trinajstić information content (AvgIpc) is 2.92. The Balaban J connectivity index is 1.59. The van der Waals surface area contributed by atoms with Crippen LogP contribution >= 0.6 is 11.8 Å². The van der Waals surface area contributed by atoms with Crippen LogP contribution in [0, 0.1) is 0 Å². The highest BCUT2D eigenvalue weighted by molar-refractivity contribution is 8.00. The van der Waals surface area contributed by atoms with Gasteiger partial charge in [-0.2, -0.15) is 11.8 Å². The van der Waals surface area contributed by atoms with Crippen molar-refractivity contribution in [1.29, 1.82) is 0 Å². The van der Waals surface area contributed by atoms with Crippen LogP contribution in [0.2, 0.25) is 0 Å². The van der Waals surface area contributed by atoms with Gasteiger partial charge in [-0.05, 0) is 19.3 Å². The molecule has 0 aromatic carbocycles. The second-order valence-electron chi connectivity index (χ2n) is 5.09. The van der Waals surface area contributed by atoms with Gasteiger partial charge in [-0.1, -0.05) is 13.3 Å². The van der Waals surface area contributed by atoms with Crippen LogP contribution < -0.4 is 10.6 Å². The highest BCUT2D eigenvalue weighted by Crippen LogP contribution is 2.33. The summed E-state index contributed by atoms with van der Waals surface area (Å²) >= 11 is 1.92. The molecule has 2 N–H and O–H groups in total. The first-order valence-corrected chi connectivity index (χ1v) is 8.10. The standard InChI is InChI=1S/C13H22N2O3S/c1-2-7-18-11(16)6-4-3-5-10-12-9(8-19-10)14-13(17)15-12/h9-10,12H,2-8H2,1H3,(H2,14,15,17)/t9-,10-,12-/m0/s1. The Morgan fingerprint density at radius 1 is 1.42 bits per heavy atom. The van der Waals surface area contributed by atoms with Crippen LogP contribution in [0.4, 0.5) is 4.79 Å².